The lowest BCUT2D eigenvalue weighted by Crippen LogP contribution is -2.17. The number of aromatic nitrogens is 2. The average molecular weight is 292 g/mol. The average Bonchev–Trinajstić information content (AvgIpc) is 2.85. The Morgan fingerprint density at radius 2 is 1.91 bits per heavy atom. The number of amides is 1. The van der Waals surface area contributed by atoms with Gasteiger partial charge in [0.1, 0.15) is 0 Å². The number of carbonyl (C=O) groups excluding carboxylic acids is 1. The maximum Gasteiger partial charge on any atom is 0.271 e. The molecule has 0 bridgehead atoms. The molecule has 0 aliphatic carbocycles. The van der Waals surface area contributed by atoms with Gasteiger partial charge in [-0.25, -0.2) is 10.4 Å². The van der Waals surface area contributed by atoms with Crippen molar-refractivity contribution in [2.45, 2.75) is 6.92 Å². The Balaban J connectivity index is 1.74. The van der Waals surface area contributed by atoms with Crippen LogP contribution in [0, 0.1) is 6.92 Å². The van der Waals surface area contributed by atoms with E-state index in [1.807, 2.05) is 54.9 Å². The van der Waals surface area contributed by atoms with Crippen molar-refractivity contribution in [1.29, 1.82) is 0 Å². The van der Waals surface area contributed by atoms with Gasteiger partial charge in [-0.15, -0.1) is 0 Å². The quantitative estimate of drug-likeness (QED) is 0.596. The Morgan fingerprint density at radius 3 is 2.64 bits per heavy atom. The van der Waals surface area contributed by atoms with Gasteiger partial charge in [0.05, 0.1) is 17.2 Å². The largest absolute Gasteiger partial charge is 0.326 e. The second-order valence-corrected chi connectivity index (χ2v) is 5.08. The molecule has 110 valence electrons. The van der Waals surface area contributed by atoms with Crippen LogP contribution in [0.2, 0.25) is 0 Å². The minimum atomic E-state index is -0.241. The van der Waals surface area contributed by atoms with E-state index in [-0.39, 0.29) is 5.91 Å². The third kappa shape index (κ3) is 2.74. The number of imidazole rings is 1. The molecule has 1 N–H and O–H groups in total. The van der Waals surface area contributed by atoms with Gasteiger partial charge < -0.3 is 4.57 Å². The minimum absolute atomic E-state index is 0.241. The van der Waals surface area contributed by atoms with Crippen LogP contribution in [0.15, 0.2) is 53.6 Å². The van der Waals surface area contributed by atoms with Crippen LogP contribution < -0.4 is 5.43 Å². The molecule has 0 radical (unpaired) electrons. The van der Waals surface area contributed by atoms with Crippen molar-refractivity contribution in [2.24, 2.45) is 12.1 Å². The first-order valence-corrected chi connectivity index (χ1v) is 6.96. The normalized spacial score (nSPS) is 11.2. The molecule has 3 rings (SSSR count). The molecule has 1 heterocycles. The maximum absolute atomic E-state index is 12.0. The number of hydrogen-bond acceptors (Lipinski definition) is 3. The van der Waals surface area contributed by atoms with Crippen molar-refractivity contribution in [3.63, 3.8) is 0 Å². The highest BCUT2D eigenvalue weighted by Crippen LogP contribution is 2.12. The van der Waals surface area contributed by atoms with Crippen molar-refractivity contribution in [3.8, 4) is 0 Å². The van der Waals surface area contributed by atoms with E-state index in [2.05, 4.69) is 15.5 Å². The van der Waals surface area contributed by atoms with Crippen LogP contribution >= 0.6 is 0 Å². The lowest BCUT2D eigenvalue weighted by Gasteiger charge is -2.00. The fourth-order valence-corrected chi connectivity index (χ4v) is 2.20. The van der Waals surface area contributed by atoms with Crippen LogP contribution in [-0.4, -0.2) is 21.7 Å². The van der Waals surface area contributed by atoms with Crippen LogP contribution in [0.1, 0.15) is 21.7 Å². The second-order valence-electron chi connectivity index (χ2n) is 5.08. The number of carbonyl (C=O) groups is 1. The van der Waals surface area contributed by atoms with Gasteiger partial charge in [-0.3, -0.25) is 4.79 Å². The second kappa shape index (κ2) is 5.81. The number of nitrogens with one attached hydrogen (secondary N) is 1. The molecule has 0 aliphatic heterocycles. The van der Waals surface area contributed by atoms with Crippen LogP contribution in [0.3, 0.4) is 0 Å². The predicted molar refractivity (Wildman–Crippen MR) is 87.0 cm³/mol. The van der Waals surface area contributed by atoms with Crippen LogP contribution in [0.5, 0.6) is 0 Å². The van der Waals surface area contributed by atoms with Gasteiger partial charge in [0.2, 0.25) is 0 Å². The van der Waals surface area contributed by atoms with Crippen LogP contribution in [0.4, 0.5) is 0 Å². The molecule has 22 heavy (non-hydrogen) atoms. The topological polar surface area (TPSA) is 59.3 Å². The van der Waals surface area contributed by atoms with E-state index in [1.165, 1.54) is 0 Å². The summed E-state index contributed by atoms with van der Waals surface area (Å²) < 4.78 is 1.93. The highest BCUT2D eigenvalue weighted by molar-refractivity contribution is 5.95. The summed E-state index contributed by atoms with van der Waals surface area (Å²) in [7, 11) is 1.92. The number of rotatable bonds is 3. The van der Waals surface area contributed by atoms with Gasteiger partial charge in [-0.05, 0) is 31.2 Å². The molecule has 0 fully saturated rings. The lowest BCUT2D eigenvalue weighted by molar-refractivity contribution is 0.0955. The van der Waals surface area contributed by atoms with E-state index in [4.69, 9.17) is 0 Å². The number of nitrogens with zero attached hydrogens (tertiary/aromatic N) is 3. The van der Waals surface area contributed by atoms with E-state index >= 15 is 0 Å². The Labute approximate surface area is 128 Å². The SMILES string of the molecule is Cc1ccc(C(=O)N/N=C\c2nc3ccccc3n2C)cc1. The number of para-hydroxylation sites is 2. The minimum Gasteiger partial charge on any atom is -0.326 e. The summed E-state index contributed by atoms with van der Waals surface area (Å²) in [6.07, 6.45) is 1.55. The van der Waals surface area contributed by atoms with Crippen molar-refractivity contribution in [3.05, 3.63) is 65.5 Å². The van der Waals surface area contributed by atoms with E-state index in [1.54, 1.807) is 18.3 Å². The molecule has 2 aromatic carbocycles. The molecule has 5 nitrogen and oxygen atoms in total. The highest BCUT2D eigenvalue weighted by atomic mass is 16.2. The summed E-state index contributed by atoms with van der Waals surface area (Å²) in [6.45, 7) is 1.98. The highest BCUT2D eigenvalue weighted by Gasteiger charge is 2.05. The van der Waals surface area contributed by atoms with Crippen molar-refractivity contribution in [1.82, 2.24) is 15.0 Å². The van der Waals surface area contributed by atoms with E-state index in [9.17, 15) is 4.79 Å². The zero-order valence-electron chi connectivity index (χ0n) is 12.4. The zero-order valence-corrected chi connectivity index (χ0v) is 12.4. The first-order chi connectivity index (χ1) is 10.6. The summed E-state index contributed by atoms with van der Waals surface area (Å²) in [5, 5.41) is 3.99. The number of aryl methyl sites for hydroxylation is 2. The molecule has 1 aromatic heterocycles. The maximum atomic E-state index is 12.0. The summed E-state index contributed by atoms with van der Waals surface area (Å²) in [5.74, 6) is 0.445. The monoisotopic (exact) mass is 292 g/mol. The van der Waals surface area contributed by atoms with Crippen LogP contribution in [0.25, 0.3) is 11.0 Å². The van der Waals surface area contributed by atoms with Crippen LogP contribution in [-0.2, 0) is 7.05 Å². The first-order valence-electron chi connectivity index (χ1n) is 6.96. The number of hydrogen-bond donors (Lipinski definition) is 1. The molecule has 0 aliphatic rings. The lowest BCUT2D eigenvalue weighted by atomic mass is 10.1. The Morgan fingerprint density at radius 1 is 1.18 bits per heavy atom. The van der Waals surface area contributed by atoms with E-state index in [0.717, 1.165) is 16.6 Å². The molecule has 3 aromatic rings. The summed E-state index contributed by atoms with van der Waals surface area (Å²) in [4.78, 5) is 16.4. The molecule has 1 amide bonds. The van der Waals surface area contributed by atoms with Crippen molar-refractivity contribution < 1.29 is 4.79 Å². The fourth-order valence-electron chi connectivity index (χ4n) is 2.20. The standard InChI is InChI=1S/C17H16N4O/c1-12-7-9-13(10-8-12)17(22)20-18-11-16-19-14-5-3-4-6-15(14)21(16)2/h3-11H,1-2H3,(H,20,22)/b18-11-. The molecular formula is C17H16N4O. The number of fused-ring (bicyclic) bond motifs is 1. The van der Waals surface area contributed by atoms with Gasteiger partial charge in [0.15, 0.2) is 5.82 Å². The predicted octanol–water partition coefficient (Wildman–Crippen LogP) is 2.65. The molecule has 0 spiro atoms. The fraction of sp³-hybridized carbons (Fsp3) is 0.118. The Bertz CT molecular complexity index is 847. The van der Waals surface area contributed by atoms with Gasteiger partial charge in [0.25, 0.3) is 5.91 Å². The number of hydrazone groups is 1. The van der Waals surface area contributed by atoms with E-state index in [0.29, 0.717) is 11.4 Å². The van der Waals surface area contributed by atoms with Crippen molar-refractivity contribution in [2.75, 3.05) is 0 Å². The molecule has 0 unspecified atom stereocenters. The molecule has 0 saturated heterocycles. The zero-order chi connectivity index (χ0) is 15.5. The van der Waals surface area contributed by atoms with Gasteiger partial charge in [-0.1, -0.05) is 29.8 Å². The summed E-state index contributed by atoms with van der Waals surface area (Å²) in [6, 6.07) is 15.2. The first kappa shape index (κ1) is 14.0. The smallest absolute Gasteiger partial charge is 0.271 e. The molecule has 0 atom stereocenters. The van der Waals surface area contributed by atoms with Gasteiger partial charge >= 0.3 is 0 Å². The summed E-state index contributed by atoms with van der Waals surface area (Å²) >= 11 is 0. The molecular weight excluding hydrogens is 276 g/mol. The van der Waals surface area contributed by atoms with Crippen molar-refractivity contribution >= 4 is 23.2 Å². The van der Waals surface area contributed by atoms with Gasteiger partial charge in [0, 0.05) is 12.6 Å². The molecule has 0 saturated carbocycles. The number of benzene rings is 2. The third-order valence-electron chi connectivity index (χ3n) is 3.48. The third-order valence-corrected chi connectivity index (χ3v) is 3.48. The summed E-state index contributed by atoms with van der Waals surface area (Å²) in [5.41, 5.74) is 6.12. The molecule has 5 heteroatoms. The Kier molecular flexibility index (Phi) is 3.70. The Hall–Kier alpha value is -2.95. The van der Waals surface area contributed by atoms with E-state index < -0.39 is 0 Å². The van der Waals surface area contributed by atoms with Gasteiger partial charge in [-0.2, -0.15) is 5.10 Å².